The van der Waals surface area contributed by atoms with Gasteiger partial charge in [-0.15, -0.1) is 0 Å². The second kappa shape index (κ2) is 12.5. The van der Waals surface area contributed by atoms with E-state index in [1.54, 1.807) is 0 Å². The van der Waals surface area contributed by atoms with E-state index < -0.39 is 0 Å². The highest BCUT2D eigenvalue weighted by molar-refractivity contribution is 6.04. The highest BCUT2D eigenvalue weighted by Crippen LogP contribution is 2.25. The topological polar surface area (TPSA) is 44.7 Å². The fourth-order valence-electron chi connectivity index (χ4n) is 4.18. The molecule has 0 radical (unpaired) electrons. The summed E-state index contributed by atoms with van der Waals surface area (Å²) in [5.74, 6) is 0.144. The van der Waals surface area contributed by atoms with Crippen LogP contribution in [0.1, 0.15) is 81.3 Å². The normalized spacial score (nSPS) is 16.7. The van der Waals surface area contributed by atoms with Gasteiger partial charge in [-0.3, -0.25) is 9.79 Å². The molecule has 4 nitrogen and oxygen atoms in total. The predicted octanol–water partition coefficient (Wildman–Crippen LogP) is 5.73. The molecule has 1 atom stereocenters. The molecule has 0 aromatic heterocycles. The molecule has 1 heterocycles. The summed E-state index contributed by atoms with van der Waals surface area (Å²) in [4.78, 5) is 20.4. The van der Waals surface area contributed by atoms with Gasteiger partial charge in [0.05, 0.1) is 11.8 Å². The highest BCUT2D eigenvalue weighted by atomic mass is 16.2. The molecule has 0 aliphatic carbocycles. The molecule has 31 heavy (non-hydrogen) atoms. The van der Waals surface area contributed by atoms with E-state index >= 15 is 0 Å². The van der Waals surface area contributed by atoms with Crippen molar-refractivity contribution in [2.24, 2.45) is 4.99 Å². The Hall–Kier alpha value is -2.36. The lowest BCUT2D eigenvalue weighted by atomic mass is 9.93. The number of piperidine rings is 1. The Morgan fingerprint density at radius 3 is 2.71 bits per heavy atom. The fourth-order valence-corrected chi connectivity index (χ4v) is 4.18. The van der Waals surface area contributed by atoms with E-state index in [2.05, 4.69) is 73.8 Å². The van der Waals surface area contributed by atoms with Crippen molar-refractivity contribution >= 4 is 11.6 Å². The Kier molecular flexibility index (Phi) is 10.0. The van der Waals surface area contributed by atoms with Crippen LogP contribution in [0.3, 0.4) is 0 Å². The number of likely N-dealkylation sites (tertiary alicyclic amines) is 1. The summed E-state index contributed by atoms with van der Waals surface area (Å²) in [6, 6.07) is 6.46. The van der Waals surface area contributed by atoms with Crippen LogP contribution < -0.4 is 5.32 Å². The van der Waals surface area contributed by atoms with Crippen molar-refractivity contribution in [1.82, 2.24) is 10.2 Å². The molecule has 0 saturated carbocycles. The number of amides is 1. The maximum Gasteiger partial charge on any atom is 0.254 e. The van der Waals surface area contributed by atoms with Crippen molar-refractivity contribution in [3.63, 3.8) is 0 Å². The summed E-state index contributed by atoms with van der Waals surface area (Å²) in [5.41, 5.74) is 6.44. The molecular weight excluding hydrogens is 382 g/mol. The van der Waals surface area contributed by atoms with E-state index in [1.165, 1.54) is 11.1 Å². The Morgan fingerprint density at radius 1 is 1.29 bits per heavy atom. The van der Waals surface area contributed by atoms with Crippen molar-refractivity contribution < 1.29 is 4.79 Å². The highest BCUT2D eigenvalue weighted by Gasteiger charge is 2.31. The smallest absolute Gasteiger partial charge is 0.254 e. The fraction of sp³-hybridized carbons (Fsp3) is 0.556. The molecular formula is C27H41N3O. The minimum atomic E-state index is 0.0560. The summed E-state index contributed by atoms with van der Waals surface area (Å²) < 4.78 is 0. The van der Waals surface area contributed by atoms with Gasteiger partial charge in [0, 0.05) is 31.4 Å². The quantitative estimate of drug-likeness (QED) is 0.489. The standard InChI is InChI=1S/C27H41N3O/c1-7-16-29-21(5)12-14-23-15-13-22(8-2)19-24(23)27(31)30-17-10-9-11-26(30)25(28-6)18-20(3)4/h13,15,18-19,26,29H,5,7-12,14,16-17H2,1-4,6H3. The van der Waals surface area contributed by atoms with Crippen molar-refractivity contribution in [3.8, 4) is 0 Å². The Bertz CT molecular complexity index is 818. The van der Waals surface area contributed by atoms with E-state index in [4.69, 9.17) is 0 Å². The van der Waals surface area contributed by atoms with Crippen LogP contribution in [0.15, 0.2) is 47.1 Å². The molecule has 1 aromatic carbocycles. The summed E-state index contributed by atoms with van der Waals surface area (Å²) in [7, 11) is 1.84. The van der Waals surface area contributed by atoms with Gasteiger partial charge in [-0.05, 0) is 82.1 Å². The largest absolute Gasteiger partial charge is 0.389 e. The van der Waals surface area contributed by atoms with Crippen LogP contribution in [0.5, 0.6) is 0 Å². The number of allylic oxidation sites excluding steroid dienone is 2. The van der Waals surface area contributed by atoms with Gasteiger partial charge in [0.15, 0.2) is 0 Å². The molecule has 4 heteroatoms. The van der Waals surface area contributed by atoms with Crippen molar-refractivity contribution in [3.05, 3.63) is 58.8 Å². The number of nitrogens with one attached hydrogen (secondary N) is 1. The molecule has 1 aliphatic heterocycles. The molecule has 1 N–H and O–H groups in total. The predicted molar refractivity (Wildman–Crippen MR) is 133 cm³/mol. The van der Waals surface area contributed by atoms with Crippen LogP contribution in [0.4, 0.5) is 0 Å². The second-order valence-corrected chi connectivity index (χ2v) is 8.76. The zero-order valence-corrected chi connectivity index (χ0v) is 20.3. The first-order valence-electron chi connectivity index (χ1n) is 11.9. The molecule has 1 unspecified atom stereocenters. The molecule has 1 fully saturated rings. The number of aryl methyl sites for hydroxylation is 2. The van der Waals surface area contributed by atoms with Gasteiger partial charge < -0.3 is 10.2 Å². The molecule has 1 amide bonds. The summed E-state index contributed by atoms with van der Waals surface area (Å²) in [5, 5.41) is 3.37. The number of nitrogens with zero attached hydrogens (tertiary/aromatic N) is 2. The van der Waals surface area contributed by atoms with Gasteiger partial charge in [-0.2, -0.15) is 0 Å². The molecule has 1 saturated heterocycles. The number of rotatable bonds is 10. The van der Waals surface area contributed by atoms with Gasteiger partial charge >= 0.3 is 0 Å². The molecule has 1 aliphatic rings. The third-order valence-corrected chi connectivity index (χ3v) is 5.93. The Morgan fingerprint density at radius 2 is 2.06 bits per heavy atom. The van der Waals surface area contributed by atoms with Crippen LogP contribution in [0, 0.1) is 0 Å². The molecule has 0 bridgehead atoms. The lowest BCUT2D eigenvalue weighted by Gasteiger charge is -2.36. The molecule has 0 spiro atoms. The summed E-state index contributed by atoms with van der Waals surface area (Å²) in [6.07, 6.45) is 8.96. The van der Waals surface area contributed by atoms with E-state index in [0.29, 0.717) is 0 Å². The number of hydrogen-bond donors (Lipinski definition) is 1. The average Bonchev–Trinajstić information content (AvgIpc) is 2.79. The molecule has 2 rings (SSSR count). The lowest BCUT2D eigenvalue weighted by Crippen LogP contribution is -2.48. The number of hydrogen-bond acceptors (Lipinski definition) is 3. The minimum absolute atomic E-state index is 0.0560. The van der Waals surface area contributed by atoms with Crippen LogP contribution in [-0.2, 0) is 12.8 Å². The van der Waals surface area contributed by atoms with Crippen LogP contribution in [0.25, 0.3) is 0 Å². The van der Waals surface area contributed by atoms with E-state index in [-0.39, 0.29) is 11.9 Å². The lowest BCUT2D eigenvalue weighted by molar-refractivity contribution is 0.0680. The van der Waals surface area contributed by atoms with Gasteiger partial charge in [0.25, 0.3) is 5.91 Å². The Labute approximate surface area is 189 Å². The van der Waals surface area contributed by atoms with Crippen LogP contribution >= 0.6 is 0 Å². The SMILES string of the molecule is C=C(CCc1ccc(CC)cc1C(=O)N1CCCCC1C(C=C(C)C)=NC)NCCC. The zero-order valence-electron chi connectivity index (χ0n) is 20.3. The summed E-state index contributed by atoms with van der Waals surface area (Å²) in [6.45, 7) is 14.3. The van der Waals surface area contributed by atoms with E-state index in [9.17, 15) is 4.79 Å². The minimum Gasteiger partial charge on any atom is -0.389 e. The van der Waals surface area contributed by atoms with Gasteiger partial charge in [-0.1, -0.05) is 38.1 Å². The number of aliphatic imine (C=N–C) groups is 1. The maximum absolute atomic E-state index is 13.8. The van der Waals surface area contributed by atoms with Crippen LogP contribution in [0.2, 0.25) is 0 Å². The van der Waals surface area contributed by atoms with Gasteiger partial charge in [0.2, 0.25) is 0 Å². The number of carbonyl (C=O) groups excluding carboxylic acids is 1. The van der Waals surface area contributed by atoms with Gasteiger partial charge in [0.1, 0.15) is 0 Å². The first-order chi connectivity index (χ1) is 14.9. The Balaban J connectivity index is 2.32. The van der Waals surface area contributed by atoms with Gasteiger partial charge in [-0.25, -0.2) is 0 Å². The van der Waals surface area contributed by atoms with Crippen molar-refractivity contribution in [2.45, 2.75) is 78.7 Å². The second-order valence-electron chi connectivity index (χ2n) is 8.76. The number of carbonyl (C=O) groups is 1. The third kappa shape index (κ3) is 7.09. The van der Waals surface area contributed by atoms with Crippen molar-refractivity contribution in [1.29, 1.82) is 0 Å². The van der Waals surface area contributed by atoms with E-state index in [0.717, 1.165) is 80.6 Å². The average molecular weight is 424 g/mol. The molecule has 1 aromatic rings. The first kappa shape index (κ1) is 24.9. The number of benzene rings is 1. The molecule has 170 valence electrons. The zero-order chi connectivity index (χ0) is 22.8. The van der Waals surface area contributed by atoms with Crippen molar-refractivity contribution in [2.75, 3.05) is 20.1 Å². The first-order valence-corrected chi connectivity index (χ1v) is 11.9. The van der Waals surface area contributed by atoms with Crippen LogP contribution in [-0.4, -0.2) is 42.7 Å². The summed E-state index contributed by atoms with van der Waals surface area (Å²) >= 11 is 0. The maximum atomic E-state index is 13.8. The van der Waals surface area contributed by atoms with E-state index in [1.807, 2.05) is 7.05 Å². The monoisotopic (exact) mass is 423 g/mol. The third-order valence-electron chi connectivity index (χ3n) is 5.93.